The zero-order valence-electron chi connectivity index (χ0n) is 14.1. The number of hydroxylamine groups is 1. The van der Waals surface area contributed by atoms with E-state index in [0.717, 1.165) is 36.0 Å². The smallest absolute Gasteiger partial charge is 0.310 e. The monoisotopic (exact) mass is 349 g/mol. The number of hydrogen-bond acceptors (Lipinski definition) is 4. The number of aromatic nitrogens is 1. The minimum atomic E-state index is -0.653. The normalized spacial score (nSPS) is 11.3. The average molecular weight is 349 g/mol. The van der Waals surface area contributed by atoms with Gasteiger partial charge < -0.3 is 14.7 Å². The number of benzene rings is 2. The number of amides is 1. The molecule has 6 heteroatoms. The van der Waals surface area contributed by atoms with Gasteiger partial charge in [0.25, 0.3) is 0 Å². The Morgan fingerprint density at radius 2 is 2.04 bits per heavy atom. The molecule has 132 valence electrons. The Hall–Kier alpha value is -3.09. The van der Waals surface area contributed by atoms with Crippen LogP contribution in [0.1, 0.15) is 21.7 Å². The Bertz CT molecular complexity index is 1060. The molecule has 26 heavy (non-hydrogen) atoms. The van der Waals surface area contributed by atoms with Gasteiger partial charge in [0.15, 0.2) is 5.76 Å². The summed E-state index contributed by atoms with van der Waals surface area (Å²) in [7, 11) is 0. The molecule has 0 atom stereocenters. The largest absolute Gasteiger partial charge is 0.451 e. The second-order valence-corrected chi connectivity index (χ2v) is 6.21. The maximum Gasteiger partial charge on any atom is 0.310 e. The molecule has 0 bridgehead atoms. The minimum absolute atomic E-state index is 0.0898. The molecule has 1 amide bonds. The van der Waals surface area contributed by atoms with Crippen molar-refractivity contribution in [2.75, 3.05) is 6.54 Å². The van der Waals surface area contributed by atoms with Gasteiger partial charge in [-0.1, -0.05) is 24.3 Å². The summed E-state index contributed by atoms with van der Waals surface area (Å²) in [4.78, 5) is 14.7. The van der Waals surface area contributed by atoms with E-state index >= 15 is 0 Å². The first-order chi connectivity index (χ1) is 12.7. The fourth-order valence-corrected chi connectivity index (χ4v) is 3.16. The van der Waals surface area contributed by atoms with Crippen molar-refractivity contribution in [3.63, 3.8) is 0 Å². The summed E-state index contributed by atoms with van der Waals surface area (Å²) in [5, 5.41) is 14.2. The molecule has 0 saturated carbocycles. The maximum absolute atomic E-state index is 11.4. The third-order valence-corrected chi connectivity index (χ3v) is 4.48. The Kier molecular flexibility index (Phi) is 4.43. The van der Waals surface area contributed by atoms with Gasteiger partial charge in [0.05, 0.1) is 0 Å². The highest BCUT2D eigenvalue weighted by atomic mass is 16.5. The van der Waals surface area contributed by atoms with Gasteiger partial charge in [-0.05, 0) is 48.4 Å². The molecule has 0 aliphatic heterocycles. The van der Waals surface area contributed by atoms with Gasteiger partial charge in [-0.25, -0.2) is 5.48 Å². The van der Waals surface area contributed by atoms with Crippen LogP contribution in [0.5, 0.6) is 0 Å². The summed E-state index contributed by atoms with van der Waals surface area (Å²) >= 11 is 0. The van der Waals surface area contributed by atoms with Crippen molar-refractivity contribution in [1.29, 1.82) is 0 Å². The number of aromatic amines is 1. The Morgan fingerprint density at radius 1 is 1.15 bits per heavy atom. The van der Waals surface area contributed by atoms with Gasteiger partial charge in [-0.2, -0.15) is 0 Å². The molecular weight excluding hydrogens is 330 g/mol. The van der Waals surface area contributed by atoms with Crippen LogP contribution in [0.2, 0.25) is 0 Å². The van der Waals surface area contributed by atoms with Crippen LogP contribution in [0.25, 0.3) is 21.9 Å². The van der Waals surface area contributed by atoms with E-state index in [4.69, 9.17) is 9.62 Å². The number of para-hydroxylation sites is 1. The summed E-state index contributed by atoms with van der Waals surface area (Å²) < 4.78 is 5.40. The minimum Gasteiger partial charge on any atom is -0.451 e. The lowest BCUT2D eigenvalue weighted by atomic mass is 10.1. The van der Waals surface area contributed by atoms with Gasteiger partial charge >= 0.3 is 5.91 Å². The van der Waals surface area contributed by atoms with Gasteiger partial charge in [0.2, 0.25) is 0 Å². The molecular formula is C20H19N3O3. The number of H-pyrrole nitrogens is 1. The second-order valence-electron chi connectivity index (χ2n) is 6.21. The van der Waals surface area contributed by atoms with E-state index in [1.165, 1.54) is 10.9 Å². The van der Waals surface area contributed by atoms with Gasteiger partial charge in [0, 0.05) is 29.0 Å². The van der Waals surface area contributed by atoms with E-state index in [9.17, 15) is 4.79 Å². The van der Waals surface area contributed by atoms with Crippen LogP contribution >= 0.6 is 0 Å². The summed E-state index contributed by atoms with van der Waals surface area (Å²) in [6, 6.07) is 15.7. The van der Waals surface area contributed by atoms with Crippen LogP contribution in [-0.4, -0.2) is 22.6 Å². The van der Waals surface area contributed by atoms with Crippen LogP contribution in [0, 0.1) is 0 Å². The molecule has 0 fully saturated rings. The number of fused-ring (bicyclic) bond motifs is 2. The number of carbonyl (C=O) groups excluding carboxylic acids is 1. The van der Waals surface area contributed by atoms with Crippen molar-refractivity contribution in [2.24, 2.45) is 0 Å². The number of hydrogen-bond donors (Lipinski definition) is 4. The number of carbonyl (C=O) groups is 1. The van der Waals surface area contributed by atoms with Crippen LogP contribution in [0.15, 0.2) is 59.1 Å². The highest BCUT2D eigenvalue weighted by Gasteiger charge is 2.11. The first-order valence-electron chi connectivity index (χ1n) is 8.47. The van der Waals surface area contributed by atoms with Crippen LogP contribution in [0.3, 0.4) is 0 Å². The van der Waals surface area contributed by atoms with Gasteiger partial charge in [0.1, 0.15) is 5.58 Å². The van der Waals surface area contributed by atoms with E-state index < -0.39 is 5.91 Å². The fourth-order valence-electron chi connectivity index (χ4n) is 3.16. The van der Waals surface area contributed by atoms with Crippen LogP contribution in [-0.2, 0) is 13.0 Å². The number of furan rings is 1. The van der Waals surface area contributed by atoms with Gasteiger partial charge in [-0.15, -0.1) is 0 Å². The van der Waals surface area contributed by atoms with Crippen LogP contribution in [0.4, 0.5) is 0 Å². The standard InChI is InChI=1S/C20H19N3O3/c24-20(23-25)19-10-15-9-13(5-6-18(15)26-19)11-21-8-7-14-12-22-17-4-2-1-3-16(14)17/h1-6,9-10,12,21-22,25H,7-8,11H2,(H,23,24). The Balaban J connectivity index is 1.37. The van der Waals surface area contributed by atoms with E-state index in [1.54, 1.807) is 11.5 Å². The van der Waals surface area contributed by atoms with E-state index in [1.807, 2.05) is 24.3 Å². The number of nitrogens with one attached hydrogen (secondary N) is 3. The fraction of sp³-hybridized carbons (Fsp3) is 0.150. The summed E-state index contributed by atoms with van der Waals surface area (Å²) in [6.45, 7) is 1.59. The molecule has 4 rings (SSSR count). The molecule has 2 heterocycles. The lowest BCUT2D eigenvalue weighted by Gasteiger charge is -2.05. The topological polar surface area (TPSA) is 90.3 Å². The van der Waals surface area contributed by atoms with Crippen molar-refractivity contribution >= 4 is 27.8 Å². The SMILES string of the molecule is O=C(NO)c1cc2cc(CNCCc3c[nH]c4ccccc34)ccc2o1. The van der Waals surface area contributed by atoms with Crippen molar-refractivity contribution in [3.05, 3.63) is 71.6 Å². The Labute approximate surface area is 149 Å². The average Bonchev–Trinajstić information content (AvgIpc) is 3.28. The quantitative estimate of drug-likeness (QED) is 0.244. The summed E-state index contributed by atoms with van der Waals surface area (Å²) in [5.74, 6) is -0.563. The lowest BCUT2D eigenvalue weighted by molar-refractivity contribution is 0.0678. The van der Waals surface area contributed by atoms with Crippen molar-refractivity contribution in [2.45, 2.75) is 13.0 Å². The molecule has 2 aromatic carbocycles. The lowest BCUT2D eigenvalue weighted by Crippen LogP contribution is -2.17. The zero-order valence-corrected chi connectivity index (χ0v) is 14.1. The van der Waals surface area contributed by atoms with E-state index in [-0.39, 0.29) is 5.76 Å². The Morgan fingerprint density at radius 3 is 2.92 bits per heavy atom. The van der Waals surface area contributed by atoms with Crippen molar-refractivity contribution in [3.8, 4) is 0 Å². The second kappa shape index (κ2) is 7.03. The highest BCUT2D eigenvalue weighted by molar-refractivity contribution is 5.95. The molecule has 0 aliphatic rings. The molecule has 0 saturated heterocycles. The van der Waals surface area contributed by atoms with E-state index in [2.05, 4.69) is 34.7 Å². The van der Waals surface area contributed by atoms with E-state index in [0.29, 0.717) is 5.58 Å². The molecule has 0 spiro atoms. The third-order valence-electron chi connectivity index (χ3n) is 4.48. The molecule has 0 aliphatic carbocycles. The molecule has 4 N–H and O–H groups in total. The molecule has 6 nitrogen and oxygen atoms in total. The van der Waals surface area contributed by atoms with Crippen LogP contribution < -0.4 is 10.8 Å². The molecule has 4 aromatic rings. The molecule has 0 unspecified atom stereocenters. The predicted molar refractivity (Wildman–Crippen MR) is 99.2 cm³/mol. The predicted octanol–water partition coefficient (Wildman–Crippen LogP) is 3.37. The van der Waals surface area contributed by atoms with Crippen molar-refractivity contribution < 1.29 is 14.4 Å². The zero-order chi connectivity index (χ0) is 17.9. The summed E-state index contributed by atoms with van der Waals surface area (Å²) in [5.41, 5.74) is 5.77. The van der Waals surface area contributed by atoms with Crippen molar-refractivity contribution in [1.82, 2.24) is 15.8 Å². The number of rotatable bonds is 6. The van der Waals surface area contributed by atoms with Gasteiger partial charge in [-0.3, -0.25) is 10.0 Å². The highest BCUT2D eigenvalue weighted by Crippen LogP contribution is 2.21. The third kappa shape index (κ3) is 3.20. The molecule has 0 radical (unpaired) electrons. The summed E-state index contributed by atoms with van der Waals surface area (Å²) in [6.07, 6.45) is 3.01. The first-order valence-corrected chi connectivity index (χ1v) is 8.47. The maximum atomic E-state index is 11.4. The molecule has 2 aromatic heterocycles. The first kappa shape index (κ1) is 16.4.